The van der Waals surface area contributed by atoms with E-state index in [9.17, 15) is 4.79 Å². The van der Waals surface area contributed by atoms with Crippen LogP contribution in [0.25, 0.3) is 0 Å². The van der Waals surface area contributed by atoms with Gasteiger partial charge in [-0.25, -0.2) is 4.79 Å². The van der Waals surface area contributed by atoms with Crippen molar-refractivity contribution in [2.24, 2.45) is 4.99 Å². The Kier molecular flexibility index (Phi) is 5.56. The Balaban J connectivity index is 1.55. The second kappa shape index (κ2) is 8.04. The number of carbonyl (C=O) groups excluding carboxylic acids is 1. The highest BCUT2D eigenvalue weighted by molar-refractivity contribution is 5.89. The van der Waals surface area contributed by atoms with Crippen LogP contribution >= 0.6 is 0 Å². The summed E-state index contributed by atoms with van der Waals surface area (Å²) in [4.78, 5) is 20.7. The summed E-state index contributed by atoms with van der Waals surface area (Å²) in [6, 6.07) is 8.01. The first kappa shape index (κ1) is 16.6. The molecule has 2 saturated heterocycles. The minimum Gasteiger partial charge on any atom is -0.352 e. The maximum Gasteiger partial charge on any atom is 0.321 e. The normalized spacial score (nSPS) is 18.1. The third-order valence-corrected chi connectivity index (χ3v) is 4.64. The van der Waals surface area contributed by atoms with Crippen LogP contribution in [-0.4, -0.2) is 55.0 Å². The average Bonchev–Trinajstić information content (AvgIpc) is 3.30. The number of aliphatic imine (C=N–C) groups is 1. The lowest BCUT2D eigenvalue weighted by Crippen LogP contribution is -2.39. The molecule has 24 heavy (non-hydrogen) atoms. The number of rotatable bonds is 3. The van der Waals surface area contributed by atoms with Crippen LogP contribution in [0.4, 0.5) is 10.5 Å². The third-order valence-electron chi connectivity index (χ3n) is 4.64. The zero-order chi connectivity index (χ0) is 16.8. The van der Waals surface area contributed by atoms with Gasteiger partial charge in [-0.1, -0.05) is 12.1 Å². The fourth-order valence-electron chi connectivity index (χ4n) is 3.32. The van der Waals surface area contributed by atoms with Gasteiger partial charge in [0.25, 0.3) is 0 Å². The maximum absolute atomic E-state index is 12.2. The van der Waals surface area contributed by atoms with Crippen molar-refractivity contribution in [2.75, 3.05) is 38.5 Å². The first-order valence-corrected chi connectivity index (χ1v) is 8.87. The Labute approximate surface area is 143 Å². The highest BCUT2D eigenvalue weighted by atomic mass is 16.2. The van der Waals surface area contributed by atoms with Crippen LogP contribution in [0.3, 0.4) is 0 Å². The number of benzene rings is 1. The number of urea groups is 1. The molecular weight excluding hydrogens is 302 g/mol. The lowest BCUT2D eigenvalue weighted by Gasteiger charge is -2.21. The summed E-state index contributed by atoms with van der Waals surface area (Å²) in [7, 11) is 1.83. The summed E-state index contributed by atoms with van der Waals surface area (Å²) < 4.78 is 0. The summed E-state index contributed by atoms with van der Waals surface area (Å²) in [5.41, 5.74) is 1.98. The van der Waals surface area contributed by atoms with Crippen LogP contribution in [0, 0.1) is 0 Å². The molecule has 2 N–H and O–H groups in total. The molecule has 0 bridgehead atoms. The van der Waals surface area contributed by atoms with E-state index in [1.165, 1.54) is 12.8 Å². The Morgan fingerprint density at radius 2 is 1.75 bits per heavy atom. The van der Waals surface area contributed by atoms with Gasteiger partial charge < -0.3 is 20.4 Å². The standard InChI is InChI=1S/C18H27N5O/c1-19-17(22-9-2-3-10-22)20-14-15-7-6-8-16(13-15)21-18(24)23-11-4-5-12-23/h6-8,13H,2-5,9-12,14H2,1H3,(H,19,20)(H,21,24). The van der Waals surface area contributed by atoms with Crippen molar-refractivity contribution in [2.45, 2.75) is 32.2 Å². The zero-order valence-electron chi connectivity index (χ0n) is 14.4. The lowest BCUT2D eigenvalue weighted by atomic mass is 10.2. The van der Waals surface area contributed by atoms with Gasteiger partial charge in [0.15, 0.2) is 5.96 Å². The molecule has 130 valence electrons. The van der Waals surface area contributed by atoms with Gasteiger partial charge in [-0.3, -0.25) is 4.99 Å². The number of nitrogens with zero attached hydrogens (tertiary/aromatic N) is 3. The van der Waals surface area contributed by atoms with E-state index in [1.807, 2.05) is 30.1 Å². The zero-order valence-corrected chi connectivity index (χ0v) is 14.4. The molecule has 0 radical (unpaired) electrons. The van der Waals surface area contributed by atoms with E-state index in [4.69, 9.17) is 0 Å². The van der Waals surface area contributed by atoms with Crippen LogP contribution in [0.15, 0.2) is 29.3 Å². The van der Waals surface area contributed by atoms with Crippen molar-refractivity contribution < 1.29 is 4.79 Å². The molecular formula is C18H27N5O. The highest BCUT2D eigenvalue weighted by Gasteiger charge is 2.18. The van der Waals surface area contributed by atoms with Crippen LogP contribution in [0.5, 0.6) is 0 Å². The largest absolute Gasteiger partial charge is 0.352 e. The van der Waals surface area contributed by atoms with E-state index in [-0.39, 0.29) is 6.03 Å². The van der Waals surface area contributed by atoms with Crippen molar-refractivity contribution in [1.82, 2.24) is 15.1 Å². The molecule has 0 saturated carbocycles. The molecule has 2 amide bonds. The van der Waals surface area contributed by atoms with Gasteiger partial charge in [0.1, 0.15) is 0 Å². The Morgan fingerprint density at radius 1 is 1.08 bits per heavy atom. The topological polar surface area (TPSA) is 60.0 Å². The molecule has 0 atom stereocenters. The van der Waals surface area contributed by atoms with E-state index in [2.05, 4.69) is 26.6 Å². The van der Waals surface area contributed by atoms with E-state index < -0.39 is 0 Å². The van der Waals surface area contributed by atoms with Crippen LogP contribution in [-0.2, 0) is 6.54 Å². The number of amides is 2. The van der Waals surface area contributed by atoms with Gasteiger partial charge in [-0.05, 0) is 43.4 Å². The lowest BCUT2D eigenvalue weighted by molar-refractivity contribution is 0.222. The molecule has 2 aliphatic rings. The van der Waals surface area contributed by atoms with E-state index in [0.29, 0.717) is 6.54 Å². The predicted molar refractivity (Wildman–Crippen MR) is 97.3 cm³/mol. The summed E-state index contributed by atoms with van der Waals surface area (Å²) >= 11 is 0. The Bertz CT molecular complexity index is 589. The number of carbonyl (C=O) groups is 1. The number of hydrogen-bond donors (Lipinski definition) is 2. The third kappa shape index (κ3) is 4.19. The predicted octanol–water partition coefficient (Wildman–Crippen LogP) is 2.49. The molecule has 2 heterocycles. The molecule has 2 fully saturated rings. The van der Waals surface area contributed by atoms with Gasteiger partial charge in [-0.2, -0.15) is 0 Å². The first-order valence-electron chi connectivity index (χ1n) is 8.87. The van der Waals surface area contributed by atoms with Gasteiger partial charge in [-0.15, -0.1) is 0 Å². The molecule has 1 aromatic carbocycles. The van der Waals surface area contributed by atoms with E-state index in [1.54, 1.807) is 0 Å². The quantitative estimate of drug-likeness (QED) is 0.662. The van der Waals surface area contributed by atoms with Crippen molar-refractivity contribution in [3.05, 3.63) is 29.8 Å². The SMILES string of the molecule is CN=C(NCc1cccc(NC(=O)N2CCCC2)c1)N1CCCC1. The number of hydrogen-bond acceptors (Lipinski definition) is 2. The minimum absolute atomic E-state index is 0.00508. The molecule has 0 aliphatic carbocycles. The Morgan fingerprint density at radius 3 is 2.42 bits per heavy atom. The summed E-state index contributed by atoms with van der Waals surface area (Å²) in [5.74, 6) is 0.957. The maximum atomic E-state index is 12.2. The van der Waals surface area contributed by atoms with Crippen molar-refractivity contribution in [3.8, 4) is 0 Å². The van der Waals surface area contributed by atoms with Gasteiger partial charge in [0, 0.05) is 45.5 Å². The van der Waals surface area contributed by atoms with Gasteiger partial charge in [0.2, 0.25) is 0 Å². The molecule has 1 aromatic rings. The Hall–Kier alpha value is -2.24. The molecule has 0 spiro atoms. The first-order chi connectivity index (χ1) is 11.8. The number of likely N-dealkylation sites (tertiary alicyclic amines) is 2. The summed E-state index contributed by atoms with van der Waals surface area (Å²) in [6.07, 6.45) is 4.68. The monoisotopic (exact) mass is 329 g/mol. The second-order valence-electron chi connectivity index (χ2n) is 6.42. The highest BCUT2D eigenvalue weighted by Crippen LogP contribution is 2.14. The van der Waals surface area contributed by atoms with Crippen LogP contribution in [0.2, 0.25) is 0 Å². The van der Waals surface area contributed by atoms with Crippen molar-refractivity contribution in [3.63, 3.8) is 0 Å². The number of guanidine groups is 1. The average molecular weight is 329 g/mol. The molecule has 6 heteroatoms. The van der Waals surface area contributed by atoms with Gasteiger partial charge >= 0.3 is 6.03 Å². The van der Waals surface area contributed by atoms with Crippen LogP contribution in [0.1, 0.15) is 31.2 Å². The summed E-state index contributed by atoms with van der Waals surface area (Å²) in [5, 5.41) is 6.42. The molecule has 0 unspecified atom stereocenters. The van der Waals surface area contributed by atoms with Crippen LogP contribution < -0.4 is 10.6 Å². The van der Waals surface area contributed by atoms with Crippen molar-refractivity contribution >= 4 is 17.7 Å². The molecule has 2 aliphatic heterocycles. The van der Waals surface area contributed by atoms with Gasteiger partial charge in [0.05, 0.1) is 0 Å². The summed E-state index contributed by atoms with van der Waals surface area (Å²) in [6.45, 7) is 4.58. The molecule has 3 rings (SSSR count). The fraction of sp³-hybridized carbons (Fsp3) is 0.556. The molecule has 6 nitrogen and oxygen atoms in total. The van der Waals surface area contributed by atoms with Crippen molar-refractivity contribution in [1.29, 1.82) is 0 Å². The molecule has 0 aromatic heterocycles. The minimum atomic E-state index is 0.00508. The number of anilines is 1. The van der Waals surface area contributed by atoms with E-state index >= 15 is 0 Å². The number of nitrogens with one attached hydrogen (secondary N) is 2. The van der Waals surface area contributed by atoms with E-state index in [0.717, 1.165) is 56.2 Å². The smallest absolute Gasteiger partial charge is 0.321 e. The second-order valence-corrected chi connectivity index (χ2v) is 6.42. The fourth-order valence-corrected chi connectivity index (χ4v) is 3.32.